The summed E-state index contributed by atoms with van der Waals surface area (Å²) < 4.78 is 0. The number of halogens is 2. The van der Waals surface area contributed by atoms with Crippen molar-refractivity contribution in [2.75, 3.05) is 32.5 Å². The van der Waals surface area contributed by atoms with Crippen molar-refractivity contribution in [1.29, 1.82) is 0 Å². The van der Waals surface area contributed by atoms with Gasteiger partial charge in [0.2, 0.25) is 0 Å². The number of likely N-dealkylation sites (N-methyl/N-ethyl adjacent to an activating group) is 1. The van der Waals surface area contributed by atoms with E-state index in [-0.39, 0.29) is 6.03 Å². The summed E-state index contributed by atoms with van der Waals surface area (Å²) in [7, 11) is 3.96. The molecule has 0 aromatic heterocycles. The summed E-state index contributed by atoms with van der Waals surface area (Å²) in [4.78, 5) is 16.5. The van der Waals surface area contributed by atoms with Gasteiger partial charge in [0.15, 0.2) is 0 Å². The van der Waals surface area contributed by atoms with Crippen molar-refractivity contribution in [2.45, 2.75) is 6.54 Å². The number of carbonyl (C=O) groups is 1. The summed E-state index contributed by atoms with van der Waals surface area (Å²) in [6.07, 6.45) is 0. The molecule has 0 spiro atoms. The largest absolute Gasteiger partial charge is 0.322 e. The fourth-order valence-electron chi connectivity index (χ4n) is 2.16. The van der Waals surface area contributed by atoms with E-state index in [1.165, 1.54) is 0 Å². The molecule has 0 saturated carbocycles. The van der Waals surface area contributed by atoms with Crippen molar-refractivity contribution in [3.63, 3.8) is 0 Å². The Kier molecular flexibility index (Phi) is 6.91. The van der Waals surface area contributed by atoms with Crippen molar-refractivity contribution in [3.8, 4) is 0 Å². The molecular weight excluding hydrogens is 345 g/mol. The maximum Gasteiger partial charge on any atom is 0.322 e. The van der Waals surface area contributed by atoms with Crippen LogP contribution in [0, 0.1) is 0 Å². The fraction of sp³-hybridized carbons (Fsp3) is 0.278. The maximum atomic E-state index is 12.7. The van der Waals surface area contributed by atoms with E-state index in [1.807, 2.05) is 49.3 Å². The molecule has 2 amide bonds. The minimum absolute atomic E-state index is 0.190. The number of anilines is 1. The van der Waals surface area contributed by atoms with E-state index in [0.717, 1.165) is 12.1 Å². The summed E-state index contributed by atoms with van der Waals surface area (Å²) in [6, 6.07) is 14.7. The first-order valence-electron chi connectivity index (χ1n) is 7.65. The van der Waals surface area contributed by atoms with Gasteiger partial charge < -0.3 is 15.1 Å². The normalized spacial score (nSPS) is 10.7. The molecule has 0 aliphatic rings. The molecule has 0 saturated heterocycles. The van der Waals surface area contributed by atoms with Gasteiger partial charge in [-0.2, -0.15) is 0 Å². The van der Waals surface area contributed by atoms with Crippen LogP contribution in [0.25, 0.3) is 0 Å². The topological polar surface area (TPSA) is 35.6 Å². The molecular formula is C18H21Cl2N3O. The number of carbonyl (C=O) groups excluding carboxylic acids is 1. The number of hydrogen-bond acceptors (Lipinski definition) is 2. The second kappa shape index (κ2) is 8.92. The van der Waals surface area contributed by atoms with Crippen LogP contribution >= 0.6 is 23.2 Å². The van der Waals surface area contributed by atoms with E-state index in [9.17, 15) is 4.79 Å². The Balaban J connectivity index is 2.10. The summed E-state index contributed by atoms with van der Waals surface area (Å²) in [5.41, 5.74) is 1.63. The average Bonchev–Trinajstić information content (AvgIpc) is 2.54. The number of amides is 2. The predicted molar refractivity (Wildman–Crippen MR) is 101 cm³/mol. The molecule has 24 heavy (non-hydrogen) atoms. The summed E-state index contributed by atoms with van der Waals surface area (Å²) >= 11 is 12.0. The first kappa shape index (κ1) is 18.6. The molecule has 0 atom stereocenters. The number of urea groups is 1. The molecule has 4 nitrogen and oxygen atoms in total. The van der Waals surface area contributed by atoms with Crippen LogP contribution in [0.2, 0.25) is 10.0 Å². The second-order valence-corrected chi connectivity index (χ2v) is 6.61. The third-order valence-corrected chi connectivity index (χ3v) is 4.04. The second-order valence-electron chi connectivity index (χ2n) is 5.76. The predicted octanol–water partition coefficient (Wildman–Crippen LogP) is 4.59. The molecule has 128 valence electrons. The highest BCUT2D eigenvalue weighted by molar-refractivity contribution is 6.36. The Morgan fingerprint density at radius 2 is 1.75 bits per heavy atom. The molecule has 2 aromatic rings. The molecule has 0 radical (unpaired) electrons. The standard InChI is InChI=1S/C18H21Cl2N3O/c1-22(2)10-11-23(13-14-6-4-3-5-7-14)18(24)21-17-9-8-15(19)12-16(17)20/h3-9,12H,10-11,13H2,1-2H3,(H,21,24). The molecule has 1 N–H and O–H groups in total. The Bertz CT molecular complexity index is 677. The lowest BCUT2D eigenvalue weighted by atomic mass is 10.2. The van der Waals surface area contributed by atoms with Gasteiger partial charge in [0.1, 0.15) is 0 Å². The molecule has 0 bridgehead atoms. The molecule has 0 unspecified atom stereocenters. The molecule has 0 aliphatic heterocycles. The smallest absolute Gasteiger partial charge is 0.319 e. The Labute approximate surface area is 153 Å². The van der Waals surface area contributed by atoms with E-state index in [1.54, 1.807) is 23.1 Å². The van der Waals surface area contributed by atoms with Gasteiger partial charge in [-0.25, -0.2) is 4.79 Å². The van der Waals surface area contributed by atoms with Gasteiger partial charge in [0, 0.05) is 24.7 Å². The van der Waals surface area contributed by atoms with Crippen molar-refractivity contribution in [2.24, 2.45) is 0 Å². The van der Waals surface area contributed by atoms with Gasteiger partial charge in [-0.1, -0.05) is 53.5 Å². The van der Waals surface area contributed by atoms with Crippen LogP contribution in [0.4, 0.5) is 10.5 Å². The first-order chi connectivity index (χ1) is 11.5. The van der Waals surface area contributed by atoms with Crippen LogP contribution in [0.15, 0.2) is 48.5 Å². The van der Waals surface area contributed by atoms with Crippen molar-refractivity contribution in [1.82, 2.24) is 9.80 Å². The molecule has 2 rings (SSSR count). The van der Waals surface area contributed by atoms with Crippen LogP contribution < -0.4 is 5.32 Å². The molecule has 0 heterocycles. The van der Waals surface area contributed by atoms with Crippen LogP contribution in [0.3, 0.4) is 0 Å². The van der Waals surface area contributed by atoms with Gasteiger partial charge in [-0.05, 0) is 37.9 Å². The minimum Gasteiger partial charge on any atom is -0.319 e. The van der Waals surface area contributed by atoms with E-state index in [0.29, 0.717) is 28.8 Å². The van der Waals surface area contributed by atoms with Gasteiger partial charge in [0.05, 0.1) is 10.7 Å². The zero-order valence-electron chi connectivity index (χ0n) is 13.8. The number of hydrogen-bond donors (Lipinski definition) is 1. The number of rotatable bonds is 6. The third kappa shape index (κ3) is 5.71. The molecule has 0 aliphatic carbocycles. The van der Waals surface area contributed by atoms with Gasteiger partial charge in [-0.15, -0.1) is 0 Å². The lowest BCUT2D eigenvalue weighted by molar-refractivity contribution is 0.202. The van der Waals surface area contributed by atoms with Crippen molar-refractivity contribution >= 4 is 34.9 Å². The minimum atomic E-state index is -0.190. The zero-order valence-corrected chi connectivity index (χ0v) is 15.3. The lowest BCUT2D eigenvalue weighted by Crippen LogP contribution is -2.39. The quantitative estimate of drug-likeness (QED) is 0.812. The van der Waals surface area contributed by atoms with E-state index in [2.05, 4.69) is 5.32 Å². The SMILES string of the molecule is CN(C)CCN(Cc1ccccc1)C(=O)Nc1ccc(Cl)cc1Cl. The monoisotopic (exact) mass is 365 g/mol. The highest BCUT2D eigenvalue weighted by Crippen LogP contribution is 2.25. The first-order valence-corrected chi connectivity index (χ1v) is 8.41. The van der Waals surface area contributed by atoms with Crippen LogP contribution in [0.5, 0.6) is 0 Å². The fourth-order valence-corrected chi connectivity index (χ4v) is 2.62. The zero-order chi connectivity index (χ0) is 17.5. The van der Waals surface area contributed by atoms with Crippen molar-refractivity contribution in [3.05, 3.63) is 64.1 Å². The maximum absolute atomic E-state index is 12.7. The van der Waals surface area contributed by atoms with Crippen molar-refractivity contribution < 1.29 is 4.79 Å². The Hall–Kier alpha value is -1.75. The number of nitrogens with zero attached hydrogens (tertiary/aromatic N) is 2. The van der Waals surface area contributed by atoms with Gasteiger partial charge >= 0.3 is 6.03 Å². The average molecular weight is 366 g/mol. The Morgan fingerprint density at radius 3 is 2.38 bits per heavy atom. The number of nitrogens with one attached hydrogen (secondary N) is 1. The van der Waals surface area contributed by atoms with E-state index >= 15 is 0 Å². The van der Waals surface area contributed by atoms with Gasteiger partial charge in [0.25, 0.3) is 0 Å². The summed E-state index contributed by atoms with van der Waals surface area (Å²) in [6.45, 7) is 1.92. The third-order valence-electron chi connectivity index (χ3n) is 3.49. The lowest BCUT2D eigenvalue weighted by Gasteiger charge is -2.25. The molecule has 6 heteroatoms. The highest BCUT2D eigenvalue weighted by Gasteiger charge is 2.15. The van der Waals surface area contributed by atoms with E-state index < -0.39 is 0 Å². The molecule has 2 aromatic carbocycles. The van der Waals surface area contributed by atoms with Crippen LogP contribution in [-0.2, 0) is 6.54 Å². The van der Waals surface area contributed by atoms with Gasteiger partial charge in [-0.3, -0.25) is 0 Å². The summed E-state index contributed by atoms with van der Waals surface area (Å²) in [5.74, 6) is 0. The highest BCUT2D eigenvalue weighted by atomic mass is 35.5. The van der Waals surface area contributed by atoms with Crippen LogP contribution in [-0.4, -0.2) is 43.0 Å². The van der Waals surface area contributed by atoms with Crippen LogP contribution in [0.1, 0.15) is 5.56 Å². The number of benzene rings is 2. The summed E-state index contributed by atoms with van der Waals surface area (Å²) in [5, 5.41) is 3.81. The van der Waals surface area contributed by atoms with E-state index in [4.69, 9.17) is 23.2 Å². The Morgan fingerprint density at radius 1 is 1.04 bits per heavy atom. The molecule has 0 fully saturated rings.